The number of piperidine rings is 1. The molecule has 1 fully saturated rings. The van der Waals surface area contributed by atoms with Crippen LogP contribution < -0.4 is 5.48 Å². The molecule has 1 atom stereocenters. The van der Waals surface area contributed by atoms with Gasteiger partial charge in [-0.25, -0.2) is 27.0 Å². The standard InChI is InChI=1S/C22H26F2N2O5S/c1-15-7-8-19(23)18(22(15)24)14-31-17-9-11-26(12-10-17)32(29,30)20(13-21(27)25-28)16-5-3-2-4-6-16/h2-8,17,20,28H,9-14H2,1H3,(H,25,27)/t20-/m1/s1. The molecule has 1 aliphatic rings. The molecule has 1 saturated heterocycles. The molecule has 0 radical (unpaired) electrons. The number of hydrogen-bond acceptors (Lipinski definition) is 5. The minimum atomic E-state index is -3.91. The highest BCUT2D eigenvalue weighted by atomic mass is 32.2. The second-order valence-electron chi connectivity index (χ2n) is 7.75. The summed E-state index contributed by atoms with van der Waals surface area (Å²) in [5, 5.41) is 7.72. The lowest BCUT2D eigenvalue weighted by atomic mass is 10.1. The largest absolute Gasteiger partial charge is 0.373 e. The summed E-state index contributed by atoms with van der Waals surface area (Å²) < 4.78 is 61.6. The highest BCUT2D eigenvalue weighted by Crippen LogP contribution is 2.31. The maximum atomic E-state index is 14.2. The lowest BCUT2D eigenvalue weighted by Gasteiger charge is -2.33. The zero-order valence-corrected chi connectivity index (χ0v) is 18.4. The van der Waals surface area contributed by atoms with Crippen LogP contribution in [-0.2, 0) is 26.2 Å². The molecule has 2 aromatic carbocycles. The average molecular weight is 469 g/mol. The Hall–Kier alpha value is -2.40. The van der Waals surface area contributed by atoms with Crippen LogP contribution in [0.1, 0.15) is 41.2 Å². The van der Waals surface area contributed by atoms with Gasteiger partial charge in [0.25, 0.3) is 0 Å². The Morgan fingerprint density at radius 3 is 2.47 bits per heavy atom. The van der Waals surface area contributed by atoms with Gasteiger partial charge >= 0.3 is 0 Å². The lowest BCUT2D eigenvalue weighted by molar-refractivity contribution is -0.129. The topological polar surface area (TPSA) is 95.9 Å². The number of nitrogens with zero attached hydrogens (tertiary/aromatic N) is 1. The van der Waals surface area contributed by atoms with E-state index in [0.717, 1.165) is 0 Å². The van der Waals surface area contributed by atoms with Gasteiger partial charge in [0.15, 0.2) is 0 Å². The number of ether oxygens (including phenoxy) is 1. The van der Waals surface area contributed by atoms with Crippen molar-refractivity contribution in [3.8, 4) is 0 Å². The van der Waals surface area contributed by atoms with Gasteiger partial charge in [-0.15, -0.1) is 0 Å². The molecular weight excluding hydrogens is 442 g/mol. The summed E-state index contributed by atoms with van der Waals surface area (Å²) in [5.41, 5.74) is 2.12. The minimum Gasteiger partial charge on any atom is -0.373 e. The van der Waals surface area contributed by atoms with Crippen molar-refractivity contribution in [2.24, 2.45) is 0 Å². The number of carbonyl (C=O) groups excluding carboxylic acids is 1. The molecule has 2 N–H and O–H groups in total. The van der Waals surface area contributed by atoms with Crippen molar-refractivity contribution in [1.82, 2.24) is 9.79 Å². The Morgan fingerprint density at radius 2 is 1.84 bits per heavy atom. The highest BCUT2D eigenvalue weighted by molar-refractivity contribution is 7.89. The number of rotatable bonds is 8. The fourth-order valence-corrected chi connectivity index (χ4v) is 5.70. The van der Waals surface area contributed by atoms with Crippen molar-refractivity contribution in [2.75, 3.05) is 13.1 Å². The maximum absolute atomic E-state index is 14.2. The molecule has 0 saturated carbocycles. The SMILES string of the molecule is Cc1ccc(F)c(COC2CCN(S(=O)(=O)[C@H](CC(=O)NO)c3ccccc3)CC2)c1F. The molecule has 1 amide bonds. The quantitative estimate of drug-likeness (QED) is 0.458. The fourth-order valence-electron chi connectivity index (χ4n) is 3.76. The van der Waals surface area contributed by atoms with Gasteiger partial charge in [-0.1, -0.05) is 36.4 Å². The van der Waals surface area contributed by atoms with Crippen molar-refractivity contribution in [3.05, 3.63) is 70.8 Å². The fraction of sp³-hybridized carbons (Fsp3) is 0.409. The van der Waals surface area contributed by atoms with Crippen LogP contribution in [0, 0.1) is 18.6 Å². The number of sulfonamides is 1. The van der Waals surface area contributed by atoms with Gasteiger partial charge in [-0.05, 0) is 37.0 Å². The molecule has 0 bridgehead atoms. The Labute approximate surface area is 186 Å². The average Bonchev–Trinajstić information content (AvgIpc) is 2.80. The molecular formula is C22H26F2N2O5S. The first kappa shape index (κ1) is 24.2. The number of benzene rings is 2. The van der Waals surface area contributed by atoms with Gasteiger partial charge in [0.05, 0.1) is 19.1 Å². The Bertz CT molecular complexity index is 1040. The molecule has 3 rings (SSSR count). The second kappa shape index (κ2) is 10.5. The number of amides is 1. The lowest BCUT2D eigenvalue weighted by Crippen LogP contribution is -2.43. The van der Waals surface area contributed by atoms with Crippen molar-refractivity contribution in [2.45, 2.75) is 44.1 Å². The van der Waals surface area contributed by atoms with Crippen LogP contribution in [0.2, 0.25) is 0 Å². The third-order valence-corrected chi connectivity index (χ3v) is 7.87. The monoisotopic (exact) mass is 468 g/mol. The summed E-state index contributed by atoms with van der Waals surface area (Å²) in [7, 11) is -3.91. The first-order valence-electron chi connectivity index (χ1n) is 10.3. The van der Waals surface area contributed by atoms with Crippen molar-refractivity contribution < 1.29 is 31.9 Å². The summed E-state index contributed by atoms with van der Waals surface area (Å²) in [4.78, 5) is 11.8. The van der Waals surface area contributed by atoms with Gasteiger partial charge < -0.3 is 4.74 Å². The van der Waals surface area contributed by atoms with E-state index in [0.29, 0.717) is 24.0 Å². The van der Waals surface area contributed by atoms with E-state index < -0.39 is 39.2 Å². The molecule has 10 heteroatoms. The van der Waals surface area contributed by atoms with Gasteiger partial charge in [0, 0.05) is 18.7 Å². The van der Waals surface area contributed by atoms with Crippen molar-refractivity contribution >= 4 is 15.9 Å². The van der Waals surface area contributed by atoms with E-state index in [-0.39, 0.29) is 31.4 Å². The summed E-state index contributed by atoms with van der Waals surface area (Å²) in [6.07, 6.45) is -0.0773. The first-order valence-corrected chi connectivity index (χ1v) is 11.8. The molecule has 0 unspecified atom stereocenters. The van der Waals surface area contributed by atoms with Gasteiger partial charge in [-0.2, -0.15) is 0 Å². The number of halogens is 2. The van der Waals surface area contributed by atoms with Crippen LogP contribution >= 0.6 is 0 Å². The summed E-state index contributed by atoms with van der Waals surface area (Å²) in [6, 6.07) is 10.9. The van der Waals surface area contributed by atoms with E-state index in [2.05, 4.69) is 0 Å². The Morgan fingerprint density at radius 1 is 1.19 bits per heavy atom. The van der Waals surface area contributed by atoms with E-state index >= 15 is 0 Å². The zero-order valence-electron chi connectivity index (χ0n) is 17.6. The smallest absolute Gasteiger partial charge is 0.245 e. The number of hydrogen-bond donors (Lipinski definition) is 2. The number of aryl methyl sites for hydroxylation is 1. The third-order valence-electron chi connectivity index (χ3n) is 5.63. The van der Waals surface area contributed by atoms with Crippen LogP contribution in [0.3, 0.4) is 0 Å². The van der Waals surface area contributed by atoms with Crippen LogP contribution in [0.25, 0.3) is 0 Å². The summed E-state index contributed by atoms with van der Waals surface area (Å²) in [5.74, 6) is -2.12. The van der Waals surface area contributed by atoms with E-state index in [4.69, 9.17) is 9.94 Å². The second-order valence-corrected chi connectivity index (χ2v) is 9.86. The van der Waals surface area contributed by atoms with E-state index in [9.17, 15) is 22.0 Å². The zero-order chi connectivity index (χ0) is 23.3. The predicted molar refractivity (Wildman–Crippen MR) is 113 cm³/mol. The van der Waals surface area contributed by atoms with Gasteiger partial charge in [-0.3, -0.25) is 10.0 Å². The molecule has 0 aliphatic carbocycles. The van der Waals surface area contributed by atoms with Crippen LogP contribution in [-0.4, -0.2) is 43.0 Å². The molecule has 1 aliphatic heterocycles. The maximum Gasteiger partial charge on any atom is 0.245 e. The van der Waals surface area contributed by atoms with Crippen LogP contribution in [0.5, 0.6) is 0 Å². The molecule has 32 heavy (non-hydrogen) atoms. The summed E-state index contributed by atoms with van der Waals surface area (Å²) >= 11 is 0. The Kier molecular flexibility index (Phi) is 7.94. The van der Waals surface area contributed by atoms with Crippen molar-refractivity contribution in [3.63, 3.8) is 0 Å². The highest BCUT2D eigenvalue weighted by Gasteiger charge is 2.37. The molecule has 0 spiro atoms. The minimum absolute atomic E-state index is 0.140. The van der Waals surface area contributed by atoms with Gasteiger partial charge in [0.1, 0.15) is 16.9 Å². The molecule has 174 valence electrons. The normalized spacial score (nSPS) is 16.6. The number of hydroxylamine groups is 1. The first-order chi connectivity index (χ1) is 15.2. The van der Waals surface area contributed by atoms with E-state index in [1.54, 1.807) is 37.3 Å². The van der Waals surface area contributed by atoms with E-state index in [1.165, 1.54) is 21.9 Å². The molecule has 7 nitrogen and oxygen atoms in total. The number of nitrogens with one attached hydrogen (secondary N) is 1. The molecule has 1 heterocycles. The van der Waals surface area contributed by atoms with Crippen molar-refractivity contribution in [1.29, 1.82) is 0 Å². The molecule has 0 aromatic heterocycles. The van der Waals surface area contributed by atoms with Crippen LogP contribution in [0.4, 0.5) is 8.78 Å². The predicted octanol–water partition coefficient (Wildman–Crippen LogP) is 3.22. The molecule has 2 aromatic rings. The summed E-state index contributed by atoms with van der Waals surface area (Å²) in [6.45, 7) is 1.60. The van der Waals surface area contributed by atoms with Crippen LogP contribution in [0.15, 0.2) is 42.5 Å². The van der Waals surface area contributed by atoms with Gasteiger partial charge in [0.2, 0.25) is 15.9 Å². The Balaban J connectivity index is 1.66. The van der Waals surface area contributed by atoms with E-state index in [1.807, 2.05) is 0 Å². The number of carbonyl (C=O) groups is 1. The third kappa shape index (κ3) is 5.50.